The molecule has 4 heteroatoms. The fourth-order valence-corrected chi connectivity index (χ4v) is 3.33. The first-order valence-corrected chi connectivity index (χ1v) is 8.80. The minimum Gasteiger partial charge on any atom is -0.362 e. The van der Waals surface area contributed by atoms with Gasteiger partial charge in [0.2, 0.25) is 0 Å². The number of thiocarbonyl (C=S) groups is 1. The fourth-order valence-electron chi connectivity index (χ4n) is 3.11. The fraction of sp³-hybridized carbons (Fsp3) is 0.611. The first-order valence-electron chi connectivity index (χ1n) is 8.39. The van der Waals surface area contributed by atoms with Crippen molar-refractivity contribution in [1.29, 1.82) is 0 Å². The van der Waals surface area contributed by atoms with Gasteiger partial charge in [-0.2, -0.15) is 0 Å². The van der Waals surface area contributed by atoms with Gasteiger partial charge in [0.25, 0.3) is 0 Å². The van der Waals surface area contributed by atoms with Gasteiger partial charge in [0.1, 0.15) is 0 Å². The molecule has 3 nitrogen and oxygen atoms in total. The summed E-state index contributed by atoms with van der Waals surface area (Å²) in [4.78, 5) is 2.58. The molecule has 2 rings (SSSR count). The summed E-state index contributed by atoms with van der Waals surface area (Å²) in [6, 6.07) is 6.37. The number of piperidine rings is 1. The van der Waals surface area contributed by atoms with Gasteiger partial charge in [-0.25, -0.2) is 0 Å². The van der Waals surface area contributed by atoms with E-state index in [9.17, 15) is 0 Å². The van der Waals surface area contributed by atoms with Crippen LogP contribution in [-0.2, 0) is 0 Å². The van der Waals surface area contributed by atoms with Crippen LogP contribution in [0.25, 0.3) is 0 Å². The van der Waals surface area contributed by atoms with E-state index >= 15 is 0 Å². The quantitative estimate of drug-likeness (QED) is 0.639. The summed E-state index contributed by atoms with van der Waals surface area (Å²) in [7, 11) is 0. The molecule has 1 heterocycles. The van der Waals surface area contributed by atoms with Crippen molar-refractivity contribution in [3.8, 4) is 0 Å². The molecule has 0 amide bonds. The van der Waals surface area contributed by atoms with Gasteiger partial charge >= 0.3 is 0 Å². The Morgan fingerprint density at radius 1 is 1.36 bits per heavy atom. The topological polar surface area (TPSA) is 27.3 Å². The number of rotatable bonds is 5. The van der Waals surface area contributed by atoms with E-state index in [-0.39, 0.29) is 0 Å². The maximum Gasteiger partial charge on any atom is 0.170 e. The SMILES string of the molecule is Cc1ccc(NC(=S)NCCCN2CCC[C@H](C)C2)c(C)c1. The minimum absolute atomic E-state index is 0.721. The summed E-state index contributed by atoms with van der Waals surface area (Å²) >= 11 is 5.38. The van der Waals surface area contributed by atoms with E-state index in [4.69, 9.17) is 12.2 Å². The Kier molecular flexibility index (Phi) is 6.65. The summed E-state index contributed by atoms with van der Waals surface area (Å²) in [5.74, 6) is 0.856. The van der Waals surface area contributed by atoms with Crippen molar-refractivity contribution in [1.82, 2.24) is 10.2 Å². The van der Waals surface area contributed by atoms with Crippen molar-refractivity contribution in [3.05, 3.63) is 29.3 Å². The number of anilines is 1. The average molecular weight is 320 g/mol. The van der Waals surface area contributed by atoms with E-state index in [1.807, 2.05) is 0 Å². The minimum atomic E-state index is 0.721. The van der Waals surface area contributed by atoms with E-state index < -0.39 is 0 Å². The predicted molar refractivity (Wildman–Crippen MR) is 99.6 cm³/mol. The van der Waals surface area contributed by atoms with Crippen LogP contribution >= 0.6 is 12.2 Å². The second-order valence-corrected chi connectivity index (χ2v) is 7.01. The van der Waals surface area contributed by atoms with Crippen molar-refractivity contribution in [2.45, 2.75) is 40.0 Å². The highest BCUT2D eigenvalue weighted by Crippen LogP contribution is 2.16. The summed E-state index contributed by atoms with van der Waals surface area (Å²) in [5.41, 5.74) is 3.59. The highest BCUT2D eigenvalue weighted by molar-refractivity contribution is 7.80. The van der Waals surface area contributed by atoms with Crippen molar-refractivity contribution >= 4 is 23.0 Å². The molecule has 0 radical (unpaired) electrons. The van der Waals surface area contributed by atoms with Crippen LogP contribution < -0.4 is 10.6 Å². The molecule has 0 unspecified atom stereocenters. The van der Waals surface area contributed by atoms with E-state index in [2.05, 4.69) is 54.5 Å². The van der Waals surface area contributed by atoms with Gasteiger partial charge in [-0.15, -0.1) is 0 Å². The molecule has 1 aliphatic heterocycles. The van der Waals surface area contributed by atoms with Crippen LogP contribution in [0.4, 0.5) is 5.69 Å². The smallest absolute Gasteiger partial charge is 0.170 e. The Labute approximate surface area is 140 Å². The molecule has 1 atom stereocenters. The second-order valence-electron chi connectivity index (χ2n) is 6.60. The van der Waals surface area contributed by atoms with Crippen LogP contribution in [0.15, 0.2) is 18.2 Å². The zero-order chi connectivity index (χ0) is 15.9. The van der Waals surface area contributed by atoms with E-state index in [0.29, 0.717) is 0 Å². The molecule has 0 saturated carbocycles. The van der Waals surface area contributed by atoms with Gasteiger partial charge in [0.15, 0.2) is 5.11 Å². The van der Waals surface area contributed by atoms with Gasteiger partial charge in [-0.1, -0.05) is 24.6 Å². The average Bonchev–Trinajstić information content (AvgIpc) is 2.47. The second kappa shape index (κ2) is 8.49. The Morgan fingerprint density at radius 2 is 2.18 bits per heavy atom. The Morgan fingerprint density at radius 3 is 2.91 bits per heavy atom. The lowest BCUT2D eigenvalue weighted by Crippen LogP contribution is -2.37. The molecule has 22 heavy (non-hydrogen) atoms. The highest BCUT2D eigenvalue weighted by Gasteiger charge is 2.15. The third-order valence-electron chi connectivity index (χ3n) is 4.31. The first-order chi connectivity index (χ1) is 10.5. The molecule has 1 saturated heterocycles. The third kappa shape index (κ3) is 5.58. The molecule has 1 aromatic rings. The van der Waals surface area contributed by atoms with Crippen LogP contribution in [0.3, 0.4) is 0 Å². The lowest BCUT2D eigenvalue weighted by molar-refractivity contribution is 0.182. The van der Waals surface area contributed by atoms with Crippen molar-refractivity contribution < 1.29 is 0 Å². The molecule has 1 fully saturated rings. The van der Waals surface area contributed by atoms with Crippen molar-refractivity contribution in [3.63, 3.8) is 0 Å². The maximum absolute atomic E-state index is 5.38. The lowest BCUT2D eigenvalue weighted by atomic mass is 10.0. The zero-order valence-electron chi connectivity index (χ0n) is 14.1. The predicted octanol–water partition coefficient (Wildman–Crippen LogP) is 3.71. The van der Waals surface area contributed by atoms with Crippen molar-refractivity contribution in [2.75, 3.05) is 31.5 Å². The van der Waals surface area contributed by atoms with Crippen LogP contribution in [0.2, 0.25) is 0 Å². The first kappa shape index (κ1) is 17.2. The van der Waals surface area contributed by atoms with Gasteiger partial charge in [0.05, 0.1) is 0 Å². The van der Waals surface area contributed by atoms with Gasteiger partial charge < -0.3 is 15.5 Å². The molecule has 122 valence electrons. The number of nitrogens with one attached hydrogen (secondary N) is 2. The van der Waals surface area contributed by atoms with E-state index in [1.165, 1.54) is 43.6 Å². The van der Waals surface area contributed by atoms with E-state index in [1.54, 1.807) is 0 Å². The summed E-state index contributed by atoms with van der Waals surface area (Å²) in [6.45, 7) is 11.2. The number of nitrogens with zero attached hydrogens (tertiary/aromatic N) is 1. The van der Waals surface area contributed by atoms with Crippen LogP contribution in [0.1, 0.15) is 37.3 Å². The molecular formula is C18H29N3S. The van der Waals surface area contributed by atoms with Gasteiger partial charge in [0, 0.05) is 18.8 Å². The molecule has 0 aliphatic carbocycles. The Bertz CT molecular complexity index is 501. The largest absolute Gasteiger partial charge is 0.362 e. The monoisotopic (exact) mass is 319 g/mol. The highest BCUT2D eigenvalue weighted by atomic mass is 32.1. The lowest BCUT2D eigenvalue weighted by Gasteiger charge is -2.30. The number of likely N-dealkylation sites (tertiary alicyclic amines) is 1. The number of hydrogen-bond acceptors (Lipinski definition) is 2. The molecule has 2 N–H and O–H groups in total. The molecular weight excluding hydrogens is 290 g/mol. The normalized spacial score (nSPS) is 19.0. The van der Waals surface area contributed by atoms with Crippen molar-refractivity contribution in [2.24, 2.45) is 5.92 Å². The molecule has 1 aromatic carbocycles. The van der Waals surface area contributed by atoms with Crippen LogP contribution in [0, 0.1) is 19.8 Å². The zero-order valence-corrected chi connectivity index (χ0v) is 14.9. The summed E-state index contributed by atoms with van der Waals surface area (Å²) in [5, 5.41) is 7.33. The molecule has 0 aromatic heterocycles. The summed E-state index contributed by atoms with van der Waals surface area (Å²) < 4.78 is 0. The third-order valence-corrected chi connectivity index (χ3v) is 4.55. The Hall–Kier alpha value is -1.13. The molecule has 0 bridgehead atoms. The van der Waals surface area contributed by atoms with E-state index in [0.717, 1.165) is 29.7 Å². The van der Waals surface area contributed by atoms with Crippen LogP contribution in [-0.4, -0.2) is 36.2 Å². The Balaban J connectivity index is 1.65. The maximum atomic E-state index is 5.38. The molecule has 0 spiro atoms. The number of hydrogen-bond donors (Lipinski definition) is 2. The standard InChI is InChI=1S/C18H29N3S/c1-14-7-8-17(16(3)12-14)20-18(22)19-9-5-11-21-10-4-6-15(2)13-21/h7-8,12,15H,4-6,9-11,13H2,1-3H3,(H2,19,20,22)/t15-/m0/s1. The van der Waals surface area contributed by atoms with Gasteiger partial charge in [-0.05, 0) is 76.0 Å². The van der Waals surface area contributed by atoms with Gasteiger partial charge in [-0.3, -0.25) is 0 Å². The van der Waals surface area contributed by atoms with Crippen LogP contribution in [0.5, 0.6) is 0 Å². The number of benzene rings is 1. The number of aryl methyl sites for hydroxylation is 2. The summed E-state index contributed by atoms with van der Waals surface area (Å²) in [6.07, 6.45) is 3.88. The molecule has 1 aliphatic rings.